The fraction of sp³-hybridized carbons (Fsp3) is 0.154. The van der Waals surface area contributed by atoms with E-state index in [-0.39, 0.29) is 21.4 Å². The van der Waals surface area contributed by atoms with Crippen molar-refractivity contribution in [1.82, 2.24) is 4.98 Å². The molecule has 0 atom stereocenters. The van der Waals surface area contributed by atoms with Gasteiger partial charge in [0, 0.05) is 12.5 Å². The summed E-state index contributed by atoms with van der Waals surface area (Å²) < 4.78 is 18.0. The molecule has 0 spiro atoms. The second-order valence-corrected chi connectivity index (χ2v) is 5.28. The second-order valence-electron chi connectivity index (χ2n) is 3.87. The summed E-state index contributed by atoms with van der Waals surface area (Å²) in [6.45, 7) is 1.33. The quantitative estimate of drug-likeness (QED) is 0.642. The zero-order chi connectivity index (χ0) is 14.9. The molecule has 104 valence electrons. The number of rotatable bonds is 3. The van der Waals surface area contributed by atoms with Gasteiger partial charge in [-0.2, -0.15) is 0 Å². The third-order valence-electron chi connectivity index (χ3n) is 2.49. The molecule has 0 aliphatic heterocycles. The number of ether oxygens (including phenoxy) is 1. The molecule has 1 aromatic heterocycles. The predicted molar refractivity (Wildman–Crippen MR) is 73.9 cm³/mol. The van der Waals surface area contributed by atoms with E-state index in [1.54, 1.807) is 6.07 Å². The minimum atomic E-state index is -0.702. The molecule has 0 N–H and O–H groups in total. The SMILES string of the molecule is COC(=O)c1nc(-c2ccc(Cl)c(F)c2)sc1C(C)=O. The smallest absolute Gasteiger partial charge is 0.358 e. The van der Waals surface area contributed by atoms with Gasteiger partial charge in [-0.15, -0.1) is 11.3 Å². The molecule has 2 aromatic rings. The Morgan fingerprint density at radius 1 is 1.40 bits per heavy atom. The summed E-state index contributed by atoms with van der Waals surface area (Å²) in [5, 5.41) is 0.344. The molecule has 0 radical (unpaired) electrons. The van der Waals surface area contributed by atoms with Crippen LogP contribution >= 0.6 is 22.9 Å². The molecule has 0 aliphatic carbocycles. The maximum absolute atomic E-state index is 13.4. The molecule has 2 rings (SSSR count). The fourth-order valence-electron chi connectivity index (χ4n) is 1.55. The molecule has 0 saturated heterocycles. The van der Waals surface area contributed by atoms with Gasteiger partial charge in [0.15, 0.2) is 11.5 Å². The highest BCUT2D eigenvalue weighted by molar-refractivity contribution is 7.17. The number of thiazole rings is 1. The van der Waals surface area contributed by atoms with Crippen LogP contribution in [0.25, 0.3) is 10.6 Å². The van der Waals surface area contributed by atoms with Crippen LogP contribution in [0.3, 0.4) is 0 Å². The molecule has 0 fully saturated rings. The Bertz CT molecular complexity index is 699. The van der Waals surface area contributed by atoms with Crippen LogP contribution in [-0.2, 0) is 4.74 Å². The van der Waals surface area contributed by atoms with Crippen molar-refractivity contribution in [2.45, 2.75) is 6.92 Å². The van der Waals surface area contributed by atoms with Gasteiger partial charge in [-0.25, -0.2) is 14.2 Å². The zero-order valence-electron chi connectivity index (χ0n) is 10.6. The van der Waals surface area contributed by atoms with Gasteiger partial charge in [0.2, 0.25) is 0 Å². The van der Waals surface area contributed by atoms with Crippen molar-refractivity contribution >= 4 is 34.7 Å². The van der Waals surface area contributed by atoms with E-state index in [0.717, 1.165) is 11.3 Å². The van der Waals surface area contributed by atoms with Gasteiger partial charge in [0.05, 0.1) is 12.1 Å². The van der Waals surface area contributed by atoms with Gasteiger partial charge in [0.1, 0.15) is 15.7 Å². The van der Waals surface area contributed by atoms with E-state index in [0.29, 0.717) is 10.6 Å². The van der Waals surface area contributed by atoms with Gasteiger partial charge in [-0.3, -0.25) is 4.79 Å². The van der Waals surface area contributed by atoms with Crippen LogP contribution in [0.15, 0.2) is 18.2 Å². The third-order valence-corrected chi connectivity index (χ3v) is 4.00. The van der Waals surface area contributed by atoms with Crippen LogP contribution in [0.2, 0.25) is 5.02 Å². The van der Waals surface area contributed by atoms with Gasteiger partial charge < -0.3 is 4.74 Å². The summed E-state index contributed by atoms with van der Waals surface area (Å²) in [6, 6.07) is 4.15. The first-order valence-electron chi connectivity index (χ1n) is 5.49. The lowest BCUT2D eigenvalue weighted by atomic mass is 10.2. The van der Waals surface area contributed by atoms with Crippen molar-refractivity contribution in [2.24, 2.45) is 0 Å². The number of aromatic nitrogens is 1. The lowest BCUT2D eigenvalue weighted by molar-refractivity contribution is 0.0591. The molecule has 20 heavy (non-hydrogen) atoms. The van der Waals surface area contributed by atoms with Gasteiger partial charge in [0.25, 0.3) is 0 Å². The normalized spacial score (nSPS) is 10.4. The van der Waals surface area contributed by atoms with E-state index in [1.165, 1.54) is 26.2 Å². The lowest BCUT2D eigenvalue weighted by Crippen LogP contribution is -2.06. The molecular weight excluding hydrogens is 305 g/mol. The minimum Gasteiger partial charge on any atom is -0.464 e. The Balaban J connectivity index is 2.55. The van der Waals surface area contributed by atoms with E-state index in [9.17, 15) is 14.0 Å². The van der Waals surface area contributed by atoms with E-state index in [2.05, 4.69) is 9.72 Å². The van der Waals surface area contributed by atoms with Crippen LogP contribution in [0.5, 0.6) is 0 Å². The molecule has 0 aliphatic rings. The standard InChI is InChI=1S/C13H9ClFNO3S/c1-6(17)11-10(13(18)19-2)16-12(20-11)7-3-4-8(14)9(15)5-7/h3-5H,1-2H3. The number of ketones is 1. The lowest BCUT2D eigenvalue weighted by Gasteiger charge is -1.98. The Morgan fingerprint density at radius 2 is 2.10 bits per heavy atom. The molecule has 4 nitrogen and oxygen atoms in total. The first kappa shape index (κ1) is 14.6. The van der Waals surface area contributed by atoms with E-state index >= 15 is 0 Å². The van der Waals surface area contributed by atoms with Crippen molar-refractivity contribution < 1.29 is 18.7 Å². The monoisotopic (exact) mass is 313 g/mol. The number of hydrogen-bond donors (Lipinski definition) is 0. The topological polar surface area (TPSA) is 56.3 Å². The third kappa shape index (κ3) is 2.71. The number of halogens is 2. The first-order valence-corrected chi connectivity index (χ1v) is 6.69. The Kier molecular flexibility index (Phi) is 4.15. The number of methoxy groups -OCH3 is 1. The Morgan fingerprint density at radius 3 is 2.65 bits per heavy atom. The highest BCUT2D eigenvalue weighted by Gasteiger charge is 2.22. The molecule has 1 heterocycles. The number of carbonyl (C=O) groups is 2. The second kappa shape index (κ2) is 5.68. The maximum Gasteiger partial charge on any atom is 0.358 e. The summed E-state index contributed by atoms with van der Waals surface area (Å²) in [6.07, 6.45) is 0. The molecule has 0 amide bonds. The van der Waals surface area contributed by atoms with Crippen LogP contribution in [0.1, 0.15) is 27.1 Å². The van der Waals surface area contributed by atoms with E-state index in [4.69, 9.17) is 11.6 Å². The van der Waals surface area contributed by atoms with Crippen LogP contribution in [-0.4, -0.2) is 23.8 Å². The van der Waals surface area contributed by atoms with Crippen molar-refractivity contribution in [2.75, 3.05) is 7.11 Å². The summed E-state index contributed by atoms with van der Waals surface area (Å²) in [5.41, 5.74) is 0.380. The summed E-state index contributed by atoms with van der Waals surface area (Å²) >= 11 is 6.62. The van der Waals surface area contributed by atoms with Gasteiger partial charge in [-0.05, 0) is 12.1 Å². The largest absolute Gasteiger partial charge is 0.464 e. The van der Waals surface area contributed by atoms with Crippen molar-refractivity contribution in [3.8, 4) is 10.6 Å². The molecule has 0 bridgehead atoms. The first-order chi connectivity index (χ1) is 9.43. The van der Waals surface area contributed by atoms with E-state index < -0.39 is 11.8 Å². The minimum absolute atomic E-state index is 0.00899. The Hall–Kier alpha value is -1.79. The molecule has 7 heteroatoms. The molecule has 0 saturated carbocycles. The van der Waals surface area contributed by atoms with Gasteiger partial charge >= 0.3 is 5.97 Å². The van der Waals surface area contributed by atoms with E-state index in [1.807, 2.05) is 0 Å². The Labute approximate surface area is 123 Å². The van der Waals surface area contributed by atoms with Crippen LogP contribution in [0, 0.1) is 5.82 Å². The predicted octanol–water partition coefficient (Wildman–Crippen LogP) is 3.59. The summed E-state index contributed by atoms with van der Waals surface area (Å²) in [4.78, 5) is 27.3. The van der Waals surface area contributed by atoms with Gasteiger partial charge in [-0.1, -0.05) is 17.7 Å². The summed E-state index contributed by atoms with van der Waals surface area (Å²) in [7, 11) is 1.20. The number of hydrogen-bond acceptors (Lipinski definition) is 5. The zero-order valence-corrected chi connectivity index (χ0v) is 12.1. The number of esters is 1. The average Bonchev–Trinajstić information content (AvgIpc) is 2.86. The molecule has 1 aromatic carbocycles. The number of nitrogens with zero attached hydrogens (tertiary/aromatic N) is 1. The number of benzene rings is 1. The highest BCUT2D eigenvalue weighted by Crippen LogP contribution is 2.30. The van der Waals surface area contributed by atoms with Crippen molar-refractivity contribution in [1.29, 1.82) is 0 Å². The maximum atomic E-state index is 13.4. The number of carbonyl (C=O) groups excluding carboxylic acids is 2. The molecule has 0 unspecified atom stereocenters. The fourth-order valence-corrected chi connectivity index (χ4v) is 2.61. The van der Waals surface area contributed by atoms with Crippen LogP contribution < -0.4 is 0 Å². The highest BCUT2D eigenvalue weighted by atomic mass is 35.5. The van der Waals surface area contributed by atoms with Crippen molar-refractivity contribution in [3.05, 3.63) is 39.6 Å². The summed E-state index contributed by atoms with van der Waals surface area (Å²) in [5.74, 6) is -1.60. The average molecular weight is 314 g/mol. The van der Waals surface area contributed by atoms with Crippen molar-refractivity contribution in [3.63, 3.8) is 0 Å². The number of Topliss-reactive ketones (excluding diaryl/α,β-unsaturated/α-hetero) is 1. The van der Waals surface area contributed by atoms with Crippen LogP contribution in [0.4, 0.5) is 4.39 Å². The molecular formula is C13H9ClFNO3S.